The molecule has 38 heavy (non-hydrogen) atoms. The number of anilines is 1. The number of carbonyl (C=O) groups is 2. The molecule has 2 amide bonds. The molecule has 1 aromatic heterocycles. The van der Waals surface area contributed by atoms with Gasteiger partial charge in [-0.1, -0.05) is 58.2 Å². The van der Waals surface area contributed by atoms with E-state index in [0.717, 1.165) is 37.7 Å². The van der Waals surface area contributed by atoms with Gasteiger partial charge in [-0.3, -0.25) is 19.5 Å². The molecule has 206 valence electrons. The van der Waals surface area contributed by atoms with Gasteiger partial charge in [0, 0.05) is 42.5 Å². The van der Waals surface area contributed by atoms with Gasteiger partial charge in [-0.25, -0.2) is 8.42 Å². The molecule has 1 saturated carbocycles. The zero-order chi connectivity index (χ0) is 27.5. The third kappa shape index (κ3) is 6.61. The van der Waals surface area contributed by atoms with Gasteiger partial charge in [0.2, 0.25) is 11.8 Å². The number of amides is 2. The van der Waals surface area contributed by atoms with Crippen LogP contribution in [0.2, 0.25) is 0 Å². The molecule has 1 aromatic carbocycles. The van der Waals surface area contributed by atoms with Crippen LogP contribution in [0.15, 0.2) is 48.8 Å². The summed E-state index contributed by atoms with van der Waals surface area (Å²) < 4.78 is 24.4. The largest absolute Gasteiger partial charge is 0.351 e. The first-order valence-corrected chi connectivity index (χ1v) is 15.5. The van der Waals surface area contributed by atoms with E-state index in [2.05, 4.69) is 36.4 Å². The fourth-order valence-electron chi connectivity index (χ4n) is 5.39. The first-order valence-electron chi connectivity index (χ1n) is 13.5. The first kappa shape index (κ1) is 28.2. The summed E-state index contributed by atoms with van der Waals surface area (Å²) in [6, 6.07) is 9.67. The number of benzene rings is 1. The Bertz CT molecular complexity index is 1220. The van der Waals surface area contributed by atoms with Crippen LogP contribution in [0.3, 0.4) is 0 Å². The monoisotopic (exact) mass is 540 g/mol. The Balaban J connectivity index is 1.75. The molecule has 1 saturated heterocycles. The van der Waals surface area contributed by atoms with Crippen LogP contribution >= 0.6 is 0 Å². The maximum atomic E-state index is 14.2. The standard InChI is InChI=1S/C29H40N4O4S/c1-29(2,3)21-12-14-23(15-13-21)33(28(35)25-17-24(19-31-25)38(4,36)37)26(20-9-8-16-30-18-20)27(34)32-22-10-6-5-7-11-22/h8-9,12-16,18,22,24-26,31H,5-7,10-11,17,19H2,1-4H3,(H,32,34)/t24-,25+,26?/m0/s1. The molecule has 0 radical (unpaired) electrons. The number of nitrogens with one attached hydrogen (secondary N) is 2. The van der Waals surface area contributed by atoms with E-state index in [1.807, 2.05) is 30.3 Å². The highest BCUT2D eigenvalue weighted by Gasteiger charge is 2.41. The summed E-state index contributed by atoms with van der Waals surface area (Å²) in [5, 5.41) is 5.67. The van der Waals surface area contributed by atoms with Gasteiger partial charge in [-0.05, 0) is 48.4 Å². The lowest BCUT2D eigenvalue weighted by Crippen LogP contribution is -2.51. The van der Waals surface area contributed by atoms with Gasteiger partial charge >= 0.3 is 0 Å². The molecule has 1 aliphatic heterocycles. The topological polar surface area (TPSA) is 108 Å². The zero-order valence-electron chi connectivity index (χ0n) is 22.8. The molecule has 2 aromatic rings. The minimum absolute atomic E-state index is 0.0647. The van der Waals surface area contributed by atoms with Gasteiger partial charge in [0.15, 0.2) is 9.84 Å². The fraction of sp³-hybridized carbons (Fsp3) is 0.552. The fourth-order valence-corrected chi connectivity index (χ4v) is 6.33. The van der Waals surface area contributed by atoms with Crippen LogP contribution in [0.4, 0.5) is 5.69 Å². The van der Waals surface area contributed by atoms with E-state index in [9.17, 15) is 18.0 Å². The van der Waals surface area contributed by atoms with E-state index in [4.69, 9.17) is 0 Å². The van der Waals surface area contributed by atoms with E-state index < -0.39 is 27.2 Å². The Morgan fingerprint density at radius 1 is 1.08 bits per heavy atom. The van der Waals surface area contributed by atoms with E-state index >= 15 is 0 Å². The average molecular weight is 541 g/mol. The predicted molar refractivity (Wildman–Crippen MR) is 150 cm³/mol. The van der Waals surface area contributed by atoms with Crippen molar-refractivity contribution in [2.75, 3.05) is 17.7 Å². The van der Waals surface area contributed by atoms with E-state index in [1.165, 1.54) is 11.2 Å². The molecule has 9 heteroatoms. The van der Waals surface area contributed by atoms with Crippen molar-refractivity contribution < 1.29 is 18.0 Å². The summed E-state index contributed by atoms with van der Waals surface area (Å²) in [6.07, 6.45) is 9.76. The molecule has 2 fully saturated rings. The van der Waals surface area contributed by atoms with Crippen LogP contribution in [0, 0.1) is 0 Å². The van der Waals surface area contributed by atoms with Gasteiger partial charge in [0.05, 0.1) is 11.3 Å². The molecule has 0 spiro atoms. The molecule has 0 bridgehead atoms. The van der Waals surface area contributed by atoms with E-state index in [-0.39, 0.29) is 36.2 Å². The van der Waals surface area contributed by atoms with Crippen LogP contribution in [0.1, 0.15) is 76.5 Å². The number of carbonyl (C=O) groups excluding carboxylic acids is 2. The lowest BCUT2D eigenvalue weighted by atomic mass is 9.87. The Labute approximate surface area is 226 Å². The van der Waals surface area contributed by atoms with Crippen molar-refractivity contribution in [2.45, 2.75) is 88.1 Å². The summed E-state index contributed by atoms with van der Waals surface area (Å²) in [5.74, 6) is -0.580. The molecule has 2 aliphatic rings. The van der Waals surface area contributed by atoms with Crippen LogP contribution < -0.4 is 15.5 Å². The van der Waals surface area contributed by atoms with Crippen LogP contribution in [0.25, 0.3) is 0 Å². The van der Waals surface area contributed by atoms with Crippen molar-refractivity contribution in [2.24, 2.45) is 0 Å². The molecule has 1 unspecified atom stereocenters. The number of hydrogen-bond acceptors (Lipinski definition) is 6. The molecule has 2 heterocycles. The van der Waals surface area contributed by atoms with Crippen molar-refractivity contribution in [1.29, 1.82) is 0 Å². The zero-order valence-corrected chi connectivity index (χ0v) is 23.6. The van der Waals surface area contributed by atoms with Gasteiger partial charge < -0.3 is 10.6 Å². The lowest BCUT2D eigenvalue weighted by Gasteiger charge is -2.35. The molecular weight excluding hydrogens is 500 g/mol. The number of rotatable bonds is 7. The van der Waals surface area contributed by atoms with Crippen LogP contribution in [-0.4, -0.2) is 55.4 Å². The number of hydrogen-bond donors (Lipinski definition) is 2. The Hall–Kier alpha value is -2.78. The minimum atomic E-state index is -3.31. The summed E-state index contributed by atoms with van der Waals surface area (Å²) in [4.78, 5) is 33.9. The second-order valence-electron chi connectivity index (χ2n) is 11.7. The van der Waals surface area contributed by atoms with Gasteiger partial charge in [-0.2, -0.15) is 0 Å². The number of nitrogens with zero attached hydrogens (tertiary/aromatic N) is 2. The average Bonchev–Trinajstić information content (AvgIpc) is 3.39. The molecule has 1 aliphatic carbocycles. The normalized spacial score (nSPS) is 21.6. The van der Waals surface area contributed by atoms with Crippen molar-refractivity contribution in [3.63, 3.8) is 0 Å². The molecule has 8 nitrogen and oxygen atoms in total. The minimum Gasteiger partial charge on any atom is -0.351 e. The van der Waals surface area contributed by atoms with E-state index in [0.29, 0.717) is 11.3 Å². The highest BCUT2D eigenvalue weighted by Crippen LogP contribution is 2.33. The smallest absolute Gasteiger partial charge is 0.248 e. The van der Waals surface area contributed by atoms with E-state index in [1.54, 1.807) is 18.5 Å². The molecule has 4 rings (SSSR count). The van der Waals surface area contributed by atoms with Gasteiger partial charge in [0.1, 0.15) is 6.04 Å². The highest BCUT2D eigenvalue weighted by molar-refractivity contribution is 7.91. The predicted octanol–water partition coefficient (Wildman–Crippen LogP) is 3.68. The molecule has 3 atom stereocenters. The highest BCUT2D eigenvalue weighted by atomic mass is 32.2. The maximum Gasteiger partial charge on any atom is 0.248 e. The molecular formula is C29H40N4O4S. The Morgan fingerprint density at radius 2 is 1.76 bits per heavy atom. The van der Waals surface area contributed by atoms with Crippen molar-refractivity contribution >= 4 is 27.3 Å². The van der Waals surface area contributed by atoms with Gasteiger partial charge in [-0.15, -0.1) is 0 Å². The Kier molecular flexibility index (Phi) is 8.57. The van der Waals surface area contributed by atoms with Crippen LogP contribution in [0.5, 0.6) is 0 Å². The summed E-state index contributed by atoms with van der Waals surface area (Å²) in [5.41, 5.74) is 2.21. The van der Waals surface area contributed by atoms with Crippen molar-refractivity contribution in [3.05, 3.63) is 59.9 Å². The lowest BCUT2D eigenvalue weighted by molar-refractivity contribution is -0.128. The SMILES string of the molecule is CC(C)(C)c1ccc(N(C(=O)[C@H]2C[C@H](S(C)(=O)=O)CN2)C(C(=O)NC2CCCCC2)c2cccnc2)cc1. The summed E-state index contributed by atoms with van der Waals surface area (Å²) in [7, 11) is -3.31. The van der Waals surface area contributed by atoms with Crippen molar-refractivity contribution in [1.82, 2.24) is 15.6 Å². The second kappa shape index (κ2) is 11.5. The molecule has 2 N–H and O–H groups in total. The van der Waals surface area contributed by atoms with Gasteiger partial charge in [0.25, 0.3) is 0 Å². The third-order valence-electron chi connectivity index (χ3n) is 7.70. The quantitative estimate of drug-likeness (QED) is 0.555. The summed E-state index contributed by atoms with van der Waals surface area (Å²) in [6.45, 7) is 6.57. The Morgan fingerprint density at radius 3 is 2.32 bits per heavy atom. The number of sulfone groups is 1. The number of pyridine rings is 1. The van der Waals surface area contributed by atoms with Crippen LogP contribution in [-0.2, 0) is 24.8 Å². The first-order chi connectivity index (χ1) is 17.9. The second-order valence-corrected chi connectivity index (χ2v) is 14.0. The third-order valence-corrected chi connectivity index (χ3v) is 9.27. The number of aromatic nitrogens is 1. The van der Waals surface area contributed by atoms with Crippen molar-refractivity contribution in [3.8, 4) is 0 Å². The summed E-state index contributed by atoms with van der Waals surface area (Å²) >= 11 is 0. The maximum absolute atomic E-state index is 14.2.